The maximum atomic E-state index is 11.5. The zero-order valence-electron chi connectivity index (χ0n) is 13.1. The Balaban J connectivity index is 3.33. The Morgan fingerprint density at radius 1 is 0.950 bits per heavy atom. The van der Waals surface area contributed by atoms with E-state index in [1.807, 2.05) is 0 Å². The molecule has 0 aromatic carbocycles. The molecule has 0 spiro atoms. The van der Waals surface area contributed by atoms with Crippen LogP contribution in [0.25, 0.3) is 0 Å². The molecular formula is C16H31NO3. The average molecular weight is 285 g/mol. The van der Waals surface area contributed by atoms with Gasteiger partial charge in [0.25, 0.3) is 0 Å². The maximum Gasteiger partial charge on any atom is 0.303 e. The van der Waals surface area contributed by atoms with Crippen LogP contribution in [0.15, 0.2) is 0 Å². The fourth-order valence-corrected chi connectivity index (χ4v) is 2.25. The molecule has 0 bridgehead atoms. The number of aliphatic carboxylic acids is 1. The van der Waals surface area contributed by atoms with Crippen LogP contribution in [0.5, 0.6) is 0 Å². The summed E-state index contributed by atoms with van der Waals surface area (Å²) in [6.07, 6.45) is 10.4. The third-order valence-electron chi connectivity index (χ3n) is 3.41. The smallest absolute Gasteiger partial charge is 0.303 e. The summed E-state index contributed by atoms with van der Waals surface area (Å²) in [7, 11) is 0. The van der Waals surface area contributed by atoms with Crippen LogP contribution in [0.3, 0.4) is 0 Å². The summed E-state index contributed by atoms with van der Waals surface area (Å²) in [5.41, 5.74) is 0. The highest BCUT2D eigenvalue weighted by molar-refractivity contribution is 5.77. The lowest BCUT2D eigenvalue weighted by molar-refractivity contribution is -0.138. The van der Waals surface area contributed by atoms with E-state index >= 15 is 0 Å². The van der Waals surface area contributed by atoms with Gasteiger partial charge in [-0.15, -0.1) is 0 Å². The number of unbranched alkanes of at least 4 members (excludes halogenated alkanes) is 7. The Kier molecular flexibility index (Phi) is 12.3. The molecule has 0 rings (SSSR count). The predicted molar refractivity (Wildman–Crippen MR) is 81.7 cm³/mol. The third-order valence-corrected chi connectivity index (χ3v) is 3.41. The van der Waals surface area contributed by atoms with Gasteiger partial charge < -0.3 is 10.4 Å². The topological polar surface area (TPSA) is 66.4 Å². The van der Waals surface area contributed by atoms with Crippen LogP contribution < -0.4 is 5.32 Å². The first kappa shape index (κ1) is 18.9. The molecule has 1 atom stereocenters. The highest BCUT2D eigenvalue weighted by atomic mass is 16.4. The summed E-state index contributed by atoms with van der Waals surface area (Å²) in [6.45, 7) is 4.73. The van der Waals surface area contributed by atoms with Crippen molar-refractivity contribution < 1.29 is 14.7 Å². The molecule has 0 aromatic heterocycles. The average Bonchev–Trinajstić information content (AvgIpc) is 2.35. The van der Waals surface area contributed by atoms with E-state index in [1.54, 1.807) is 6.92 Å². The van der Waals surface area contributed by atoms with Gasteiger partial charge in [0.1, 0.15) is 0 Å². The number of carbonyl (C=O) groups excluding carboxylic acids is 1. The van der Waals surface area contributed by atoms with Crippen molar-refractivity contribution in [3.05, 3.63) is 0 Å². The molecule has 4 nitrogen and oxygen atoms in total. The second kappa shape index (κ2) is 12.9. The van der Waals surface area contributed by atoms with E-state index in [9.17, 15) is 9.59 Å². The second-order valence-corrected chi connectivity index (χ2v) is 5.73. The van der Waals surface area contributed by atoms with Crippen molar-refractivity contribution in [3.8, 4) is 0 Å². The number of hydrogen-bond acceptors (Lipinski definition) is 2. The van der Waals surface area contributed by atoms with Crippen molar-refractivity contribution >= 4 is 11.9 Å². The Labute approximate surface area is 123 Å². The summed E-state index contributed by atoms with van der Waals surface area (Å²) in [5, 5.41) is 11.5. The van der Waals surface area contributed by atoms with Gasteiger partial charge in [0.05, 0.1) is 0 Å². The SMILES string of the molecule is CCCCCCCCCCNC(=O)CC(C)CC(=O)O. The van der Waals surface area contributed by atoms with E-state index in [0.717, 1.165) is 12.8 Å². The number of hydrogen-bond donors (Lipinski definition) is 2. The van der Waals surface area contributed by atoms with Crippen molar-refractivity contribution in [1.29, 1.82) is 0 Å². The minimum atomic E-state index is -0.839. The van der Waals surface area contributed by atoms with Gasteiger partial charge in [-0.2, -0.15) is 0 Å². The Bertz CT molecular complexity index is 266. The Hall–Kier alpha value is -1.06. The summed E-state index contributed by atoms with van der Waals surface area (Å²) in [6, 6.07) is 0. The zero-order valence-corrected chi connectivity index (χ0v) is 13.1. The first-order valence-corrected chi connectivity index (χ1v) is 8.04. The molecule has 0 aliphatic heterocycles. The van der Waals surface area contributed by atoms with E-state index in [-0.39, 0.29) is 18.2 Å². The lowest BCUT2D eigenvalue weighted by atomic mass is 10.0. The highest BCUT2D eigenvalue weighted by Gasteiger charge is 2.11. The predicted octanol–water partition coefficient (Wildman–Crippen LogP) is 3.74. The van der Waals surface area contributed by atoms with Gasteiger partial charge in [-0.3, -0.25) is 9.59 Å². The zero-order chi connectivity index (χ0) is 15.2. The minimum absolute atomic E-state index is 0.0262. The monoisotopic (exact) mass is 285 g/mol. The van der Waals surface area contributed by atoms with Gasteiger partial charge in [-0.05, 0) is 12.3 Å². The number of carbonyl (C=O) groups is 2. The van der Waals surface area contributed by atoms with Crippen molar-refractivity contribution in [2.24, 2.45) is 5.92 Å². The van der Waals surface area contributed by atoms with Gasteiger partial charge in [-0.25, -0.2) is 0 Å². The molecule has 2 N–H and O–H groups in total. The van der Waals surface area contributed by atoms with Gasteiger partial charge >= 0.3 is 5.97 Å². The standard InChI is InChI=1S/C16H31NO3/c1-3-4-5-6-7-8-9-10-11-17-15(18)12-14(2)13-16(19)20/h14H,3-13H2,1-2H3,(H,17,18)(H,19,20). The molecule has 0 saturated heterocycles. The van der Waals surface area contributed by atoms with Crippen LogP contribution in [0.1, 0.15) is 78.1 Å². The van der Waals surface area contributed by atoms with Gasteiger partial charge in [0, 0.05) is 19.4 Å². The number of amides is 1. The van der Waals surface area contributed by atoms with Crippen molar-refractivity contribution in [1.82, 2.24) is 5.32 Å². The van der Waals surface area contributed by atoms with Gasteiger partial charge in [0.15, 0.2) is 0 Å². The number of carboxylic acids is 1. The molecule has 1 unspecified atom stereocenters. The van der Waals surface area contributed by atoms with Crippen LogP contribution in [-0.2, 0) is 9.59 Å². The summed E-state index contributed by atoms with van der Waals surface area (Å²) >= 11 is 0. The second-order valence-electron chi connectivity index (χ2n) is 5.73. The van der Waals surface area contributed by atoms with Crippen molar-refractivity contribution in [3.63, 3.8) is 0 Å². The molecule has 20 heavy (non-hydrogen) atoms. The first-order valence-electron chi connectivity index (χ1n) is 8.04. The molecule has 0 heterocycles. The molecule has 0 radical (unpaired) electrons. The van der Waals surface area contributed by atoms with E-state index in [1.165, 1.54) is 38.5 Å². The van der Waals surface area contributed by atoms with Crippen LogP contribution in [-0.4, -0.2) is 23.5 Å². The van der Waals surface area contributed by atoms with Crippen LogP contribution in [0, 0.1) is 5.92 Å². The van der Waals surface area contributed by atoms with Crippen LogP contribution in [0.4, 0.5) is 0 Å². The molecule has 0 aromatic rings. The third kappa shape index (κ3) is 13.4. The molecule has 1 amide bonds. The molecule has 0 aliphatic rings. The van der Waals surface area contributed by atoms with E-state index in [2.05, 4.69) is 12.2 Å². The maximum absolute atomic E-state index is 11.5. The van der Waals surface area contributed by atoms with Crippen LogP contribution in [0.2, 0.25) is 0 Å². The summed E-state index contributed by atoms with van der Waals surface area (Å²) in [5.74, 6) is -0.957. The quantitative estimate of drug-likeness (QED) is 0.506. The minimum Gasteiger partial charge on any atom is -0.481 e. The normalized spacial score (nSPS) is 12.1. The van der Waals surface area contributed by atoms with Crippen LogP contribution >= 0.6 is 0 Å². The Morgan fingerprint density at radius 3 is 2.05 bits per heavy atom. The molecule has 0 fully saturated rings. The number of rotatable bonds is 13. The van der Waals surface area contributed by atoms with Gasteiger partial charge in [-0.1, -0.05) is 58.8 Å². The molecular weight excluding hydrogens is 254 g/mol. The summed E-state index contributed by atoms with van der Waals surface area (Å²) < 4.78 is 0. The lowest BCUT2D eigenvalue weighted by Crippen LogP contribution is -2.26. The summed E-state index contributed by atoms with van der Waals surface area (Å²) in [4.78, 5) is 22.0. The fourth-order valence-electron chi connectivity index (χ4n) is 2.25. The molecule has 0 saturated carbocycles. The number of carboxylic acid groups (broad SMARTS) is 1. The highest BCUT2D eigenvalue weighted by Crippen LogP contribution is 2.09. The fraction of sp³-hybridized carbons (Fsp3) is 0.875. The lowest BCUT2D eigenvalue weighted by Gasteiger charge is -2.09. The van der Waals surface area contributed by atoms with E-state index < -0.39 is 5.97 Å². The Morgan fingerprint density at radius 2 is 1.50 bits per heavy atom. The first-order chi connectivity index (χ1) is 9.56. The van der Waals surface area contributed by atoms with Crippen molar-refractivity contribution in [2.45, 2.75) is 78.1 Å². The van der Waals surface area contributed by atoms with E-state index in [4.69, 9.17) is 5.11 Å². The molecule has 0 aliphatic carbocycles. The van der Waals surface area contributed by atoms with Gasteiger partial charge in [0.2, 0.25) is 5.91 Å². The number of nitrogens with one attached hydrogen (secondary N) is 1. The van der Waals surface area contributed by atoms with E-state index in [0.29, 0.717) is 13.0 Å². The largest absolute Gasteiger partial charge is 0.481 e. The molecule has 118 valence electrons. The van der Waals surface area contributed by atoms with Crippen molar-refractivity contribution in [2.75, 3.05) is 6.54 Å². The molecule has 4 heteroatoms.